The van der Waals surface area contributed by atoms with E-state index >= 15 is 0 Å². The largest absolute Gasteiger partial charge is 0.454 e. The molecule has 0 radical (unpaired) electrons. The van der Waals surface area contributed by atoms with Crippen molar-refractivity contribution in [1.29, 1.82) is 0 Å². The van der Waals surface area contributed by atoms with Crippen LogP contribution in [0.3, 0.4) is 0 Å². The van der Waals surface area contributed by atoms with E-state index in [0.717, 1.165) is 17.0 Å². The van der Waals surface area contributed by atoms with Gasteiger partial charge in [0, 0.05) is 6.20 Å². The van der Waals surface area contributed by atoms with E-state index in [9.17, 15) is 4.79 Å². The normalized spacial score (nSPS) is 11.2. The number of nitrogens with zero attached hydrogens (tertiary/aromatic N) is 4. The second-order valence-electron chi connectivity index (χ2n) is 7.13. The third-order valence-corrected chi connectivity index (χ3v) is 6.32. The Morgan fingerprint density at radius 2 is 1.78 bits per heavy atom. The number of halogens is 4. The molecule has 0 aliphatic rings. The van der Waals surface area contributed by atoms with Gasteiger partial charge < -0.3 is 9.73 Å². The maximum atomic E-state index is 12.6. The van der Waals surface area contributed by atoms with E-state index in [1.807, 2.05) is 19.9 Å². The highest BCUT2D eigenvalue weighted by atomic mass is 35.5. The molecule has 4 rings (SSSR count). The number of furan rings is 1. The minimum atomic E-state index is -0.468. The van der Waals surface area contributed by atoms with Crippen molar-refractivity contribution in [3.8, 4) is 0 Å². The number of carbonyl (C=O) groups excluding carboxylic acids is 1. The summed E-state index contributed by atoms with van der Waals surface area (Å²) in [6.07, 6.45) is 1.61. The van der Waals surface area contributed by atoms with Crippen molar-refractivity contribution in [2.75, 3.05) is 5.32 Å². The topological polar surface area (TPSA) is 77.9 Å². The smallest absolute Gasteiger partial charge is 0.292 e. The van der Waals surface area contributed by atoms with Gasteiger partial charge in [-0.05, 0) is 43.7 Å². The first-order chi connectivity index (χ1) is 15.2. The van der Waals surface area contributed by atoms with E-state index in [-0.39, 0.29) is 11.6 Å². The van der Waals surface area contributed by atoms with Gasteiger partial charge in [0.1, 0.15) is 10.8 Å². The lowest BCUT2D eigenvalue weighted by atomic mass is 10.2. The first-order valence-electron chi connectivity index (χ1n) is 9.47. The van der Waals surface area contributed by atoms with Gasteiger partial charge >= 0.3 is 0 Å². The van der Waals surface area contributed by atoms with Gasteiger partial charge in [0.05, 0.1) is 39.5 Å². The molecule has 1 amide bonds. The van der Waals surface area contributed by atoms with Crippen molar-refractivity contribution < 1.29 is 9.21 Å². The highest BCUT2D eigenvalue weighted by Crippen LogP contribution is 2.25. The number of benzene rings is 1. The Morgan fingerprint density at radius 3 is 2.47 bits per heavy atom. The standard InChI is InChI=1S/C21H17Cl4N5O2/c1-11-19(25)12(2)30(27-11)9-14-4-6-18(32-14)21(31)26-20-17(24)10-29(28-20)8-13-3-5-15(22)16(23)7-13/h3-7,10H,8-9H2,1-2H3,(H,26,28,31). The fourth-order valence-electron chi connectivity index (χ4n) is 3.12. The number of aromatic nitrogens is 4. The van der Waals surface area contributed by atoms with Gasteiger partial charge in [0.15, 0.2) is 11.6 Å². The van der Waals surface area contributed by atoms with Crippen molar-refractivity contribution in [3.05, 3.63) is 85.1 Å². The molecule has 7 nitrogen and oxygen atoms in total. The summed E-state index contributed by atoms with van der Waals surface area (Å²) in [5.41, 5.74) is 2.45. The van der Waals surface area contributed by atoms with Crippen LogP contribution >= 0.6 is 46.4 Å². The maximum absolute atomic E-state index is 12.6. The van der Waals surface area contributed by atoms with E-state index < -0.39 is 5.91 Å². The van der Waals surface area contributed by atoms with Gasteiger partial charge in [-0.1, -0.05) is 52.5 Å². The van der Waals surface area contributed by atoms with Gasteiger partial charge in [-0.15, -0.1) is 0 Å². The summed E-state index contributed by atoms with van der Waals surface area (Å²) in [4.78, 5) is 12.6. The van der Waals surface area contributed by atoms with Crippen LogP contribution in [-0.4, -0.2) is 25.5 Å². The van der Waals surface area contributed by atoms with Crippen LogP contribution < -0.4 is 5.32 Å². The number of aryl methyl sites for hydroxylation is 1. The molecule has 0 aliphatic carbocycles. The molecule has 0 unspecified atom stereocenters. The van der Waals surface area contributed by atoms with E-state index in [1.165, 1.54) is 0 Å². The highest BCUT2D eigenvalue weighted by molar-refractivity contribution is 6.42. The van der Waals surface area contributed by atoms with Crippen LogP contribution in [0.4, 0.5) is 5.82 Å². The van der Waals surface area contributed by atoms with E-state index in [1.54, 1.807) is 39.8 Å². The molecule has 0 bridgehead atoms. The van der Waals surface area contributed by atoms with Gasteiger partial charge in [0.2, 0.25) is 0 Å². The average Bonchev–Trinajstić information content (AvgIpc) is 3.41. The summed E-state index contributed by atoms with van der Waals surface area (Å²) in [6, 6.07) is 8.59. The molecule has 1 aromatic carbocycles. The first kappa shape index (κ1) is 22.7. The Bertz CT molecular complexity index is 1310. The number of hydrogen-bond acceptors (Lipinski definition) is 4. The zero-order valence-electron chi connectivity index (χ0n) is 17.0. The molecule has 166 valence electrons. The van der Waals surface area contributed by atoms with Gasteiger partial charge in [-0.3, -0.25) is 14.2 Å². The molecule has 0 fully saturated rings. The summed E-state index contributed by atoms with van der Waals surface area (Å²) >= 11 is 24.4. The van der Waals surface area contributed by atoms with Gasteiger partial charge in [-0.25, -0.2) is 0 Å². The minimum Gasteiger partial charge on any atom is -0.454 e. The summed E-state index contributed by atoms with van der Waals surface area (Å²) in [6.45, 7) is 4.46. The third-order valence-electron chi connectivity index (χ3n) is 4.76. The molecule has 0 atom stereocenters. The first-order valence-corrected chi connectivity index (χ1v) is 11.0. The molecule has 0 saturated heterocycles. The lowest BCUT2D eigenvalue weighted by Crippen LogP contribution is -2.12. The minimum absolute atomic E-state index is 0.128. The SMILES string of the molecule is Cc1nn(Cc2ccc(C(=O)Nc3nn(Cc4ccc(Cl)c(Cl)c4)cc3Cl)o2)c(C)c1Cl. The highest BCUT2D eigenvalue weighted by Gasteiger charge is 2.17. The Hall–Kier alpha value is -2.45. The Morgan fingerprint density at radius 1 is 1.00 bits per heavy atom. The van der Waals surface area contributed by atoms with Gasteiger partial charge in [0.25, 0.3) is 5.91 Å². The van der Waals surface area contributed by atoms with Crippen molar-refractivity contribution in [2.45, 2.75) is 26.9 Å². The van der Waals surface area contributed by atoms with Crippen LogP contribution in [-0.2, 0) is 13.1 Å². The molecule has 3 heterocycles. The lowest BCUT2D eigenvalue weighted by Gasteiger charge is -2.04. The zero-order chi connectivity index (χ0) is 23.0. The maximum Gasteiger partial charge on any atom is 0.292 e. The number of rotatable bonds is 6. The van der Waals surface area contributed by atoms with Crippen molar-refractivity contribution in [1.82, 2.24) is 19.6 Å². The fourth-order valence-corrected chi connectivity index (χ4v) is 3.77. The van der Waals surface area contributed by atoms with Crippen molar-refractivity contribution >= 4 is 58.1 Å². The molecule has 11 heteroatoms. The molecular formula is C21H17Cl4N5O2. The number of amides is 1. The monoisotopic (exact) mass is 511 g/mol. The Kier molecular flexibility index (Phi) is 6.53. The number of anilines is 1. The lowest BCUT2D eigenvalue weighted by molar-refractivity contribution is 0.0994. The van der Waals surface area contributed by atoms with Crippen molar-refractivity contribution in [2.24, 2.45) is 0 Å². The molecule has 0 saturated carbocycles. The van der Waals surface area contributed by atoms with Crippen LogP contribution in [0.1, 0.15) is 33.3 Å². The molecule has 0 aliphatic heterocycles. The van der Waals surface area contributed by atoms with Crippen LogP contribution in [0.25, 0.3) is 0 Å². The van der Waals surface area contributed by atoms with E-state index in [4.69, 9.17) is 50.8 Å². The predicted molar refractivity (Wildman–Crippen MR) is 125 cm³/mol. The zero-order valence-corrected chi connectivity index (χ0v) is 20.0. The Balaban J connectivity index is 1.44. The second kappa shape index (κ2) is 9.19. The summed E-state index contributed by atoms with van der Waals surface area (Å²) in [7, 11) is 0. The number of carbonyl (C=O) groups is 1. The fraction of sp³-hybridized carbons (Fsp3) is 0.190. The van der Waals surface area contributed by atoms with Crippen LogP contribution in [0.2, 0.25) is 20.1 Å². The van der Waals surface area contributed by atoms with E-state index in [2.05, 4.69) is 15.5 Å². The van der Waals surface area contributed by atoms with Crippen LogP contribution in [0.5, 0.6) is 0 Å². The van der Waals surface area contributed by atoms with Gasteiger partial charge in [-0.2, -0.15) is 10.2 Å². The molecule has 0 spiro atoms. The summed E-state index contributed by atoms with van der Waals surface area (Å²) < 4.78 is 8.99. The predicted octanol–water partition coefficient (Wildman–Crippen LogP) is 6.25. The second-order valence-corrected chi connectivity index (χ2v) is 8.73. The summed E-state index contributed by atoms with van der Waals surface area (Å²) in [5, 5.41) is 13.2. The van der Waals surface area contributed by atoms with Crippen LogP contribution in [0.15, 0.2) is 40.9 Å². The number of nitrogens with one attached hydrogen (secondary N) is 1. The number of hydrogen-bond donors (Lipinski definition) is 1. The molecule has 1 N–H and O–H groups in total. The summed E-state index contributed by atoms with van der Waals surface area (Å²) in [5.74, 6) is 0.445. The molecule has 32 heavy (non-hydrogen) atoms. The van der Waals surface area contributed by atoms with E-state index in [0.29, 0.717) is 38.9 Å². The average molecular weight is 513 g/mol. The molecular weight excluding hydrogens is 496 g/mol. The Labute approximate surface area is 203 Å². The third kappa shape index (κ3) is 4.81. The quantitative estimate of drug-likeness (QED) is 0.331. The van der Waals surface area contributed by atoms with Crippen molar-refractivity contribution in [3.63, 3.8) is 0 Å². The molecule has 4 aromatic rings. The van der Waals surface area contributed by atoms with Crippen LogP contribution in [0, 0.1) is 13.8 Å². The molecule has 3 aromatic heterocycles.